The van der Waals surface area contributed by atoms with E-state index in [0.717, 1.165) is 36.9 Å². The summed E-state index contributed by atoms with van der Waals surface area (Å²) in [5, 5.41) is 0. The minimum atomic E-state index is -0.927. The maximum atomic E-state index is 12.1. The van der Waals surface area contributed by atoms with Crippen molar-refractivity contribution in [3.8, 4) is 0 Å². The van der Waals surface area contributed by atoms with E-state index in [0.29, 0.717) is 5.75 Å². The van der Waals surface area contributed by atoms with Crippen LogP contribution in [0.3, 0.4) is 0 Å². The van der Waals surface area contributed by atoms with Crippen LogP contribution < -0.4 is 0 Å². The average Bonchev–Trinajstić information content (AvgIpc) is 2.46. The zero-order chi connectivity index (χ0) is 12.8. The second-order valence-corrected chi connectivity index (χ2v) is 6.22. The van der Waals surface area contributed by atoms with Crippen molar-refractivity contribution in [3.63, 3.8) is 0 Å². The lowest BCUT2D eigenvalue weighted by Crippen LogP contribution is -2.10. The Morgan fingerprint density at radius 3 is 2.78 bits per heavy atom. The predicted molar refractivity (Wildman–Crippen MR) is 73.8 cm³/mol. The van der Waals surface area contributed by atoms with E-state index in [1.54, 1.807) is 0 Å². The molecule has 96 valence electrons. The van der Waals surface area contributed by atoms with Gasteiger partial charge in [-0.3, -0.25) is 4.21 Å². The van der Waals surface area contributed by atoms with Gasteiger partial charge in [0.05, 0.1) is 10.8 Å². The molecule has 1 aliphatic rings. The van der Waals surface area contributed by atoms with Gasteiger partial charge in [0, 0.05) is 16.6 Å². The minimum Gasteiger partial charge on any atom is -0.303 e. The summed E-state index contributed by atoms with van der Waals surface area (Å²) in [6.45, 7) is 0. The number of allylic oxidation sites excluding steroid dienone is 2. The largest absolute Gasteiger partial charge is 0.303 e. The van der Waals surface area contributed by atoms with Crippen LogP contribution in [0.5, 0.6) is 0 Å². The summed E-state index contributed by atoms with van der Waals surface area (Å²) < 4.78 is 12.1. The maximum absolute atomic E-state index is 12.1. The van der Waals surface area contributed by atoms with Gasteiger partial charge in [-0.15, -0.1) is 0 Å². The smallest absolute Gasteiger partial charge is 0.123 e. The molecular formula is C15H18O2S. The molecule has 0 radical (unpaired) electrons. The Labute approximate surface area is 111 Å². The van der Waals surface area contributed by atoms with Crippen LogP contribution in [0.2, 0.25) is 0 Å². The molecule has 0 spiro atoms. The summed E-state index contributed by atoms with van der Waals surface area (Å²) >= 11 is 0. The van der Waals surface area contributed by atoms with Crippen LogP contribution in [-0.4, -0.2) is 16.2 Å². The second kappa shape index (κ2) is 6.64. The van der Waals surface area contributed by atoms with Crippen molar-refractivity contribution in [1.29, 1.82) is 0 Å². The van der Waals surface area contributed by atoms with E-state index < -0.39 is 10.8 Å². The Hall–Kier alpha value is -1.22. The van der Waals surface area contributed by atoms with Gasteiger partial charge < -0.3 is 4.79 Å². The zero-order valence-corrected chi connectivity index (χ0v) is 11.2. The summed E-state index contributed by atoms with van der Waals surface area (Å²) in [5.41, 5.74) is 1.29. The molecule has 0 N–H and O–H groups in total. The molecule has 2 rings (SSSR count). The third-order valence-corrected chi connectivity index (χ3v) is 4.67. The summed E-state index contributed by atoms with van der Waals surface area (Å²) in [7, 11) is -0.927. The van der Waals surface area contributed by atoms with E-state index in [9.17, 15) is 9.00 Å². The predicted octanol–water partition coefficient (Wildman–Crippen LogP) is 3.11. The molecule has 3 heteroatoms. The van der Waals surface area contributed by atoms with E-state index in [1.807, 2.05) is 30.3 Å². The van der Waals surface area contributed by atoms with Gasteiger partial charge in [-0.1, -0.05) is 29.8 Å². The van der Waals surface area contributed by atoms with Crippen LogP contribution in [-0.2, 0) is 15.6 Å². The molecule has 0 heterocycles. The zero-order valence-electron chi connectivity index (χ0n) is 10.4. The van der Waals surface area contributed by atoms with E-state index >= 15 is 0 Å². The van der Waals surface area contributed by atoms with Crippen molar-refractivity contribution in [2.45, 2.75) is 30.6 Å². The van der Waals surface area contributed by atoms with Gasteiger partial charge in [0.15, 0.2) is 0 Å². The maximum Gasteiger partial charge on any atom is 0.123 e. The third kappa shape index (κ3) is 3.64. The highest BCUT2D eigenvalue weighted by Crippen LogP contribution is 2.25. The van der Waals surface area contributed by atoms with Crippen LogP contribution in [0.4, 0.5) is 0 Å². The fraction of sp³-hybridized carbons (Fsp3) is 0.400. The topological polar surface area (TPSA) is 34.1 Å². The van der Waals surface area contributed by atoms with Crippen molar-refractivity contribution in [1.82, 2.24) is 0 Å². The number of carbonyl (C=O) groups is 1. The molecule has 2 unspecified atom stereocenters. The average molecular weight is 262 g/mol. The van der Waals surface area contributed by atoms with Crippen LogP contribution in [0.15, 0.2) is 46.9 Å². The number of rotatable bonds is 5. The molecule has 0 amide bonds. The van der Waals surface area contributed by atoms with Gasteiger partial charge in [-0.05, 0) is 37.8 Å². The Kier molecular flexibility index (Phi) is 4.88. The standard InChI is InChI=1S/C15H18O2S/c16-12-14-6-4-5-13(11-14)9-10-18(17)15-7-2-1-3-8-15/h1-3,5,7-8,12,14H,4,6,9-11H2. The molecule has 1 aliphatic carbocycles. The number of aldehydes is 1. The highest BCUT2D eigenvalue weighted by Gasteiger charge is 2.15. The molecule has 18 heavy (non-hydrogen) atoms. The normalized spacial score (nSPS) is 21.1. The molecular weight excluding hydrogens is 244 g/mol. The van der Waals surface area contributed by atoms with Gasteiger partial charge in [0.2, 0.25) is 0 Å². The lowest BCUT2D eigenvalue weighted by molar-refractivity contribution is -0.111. The van der Waals surface area contributed by atoms with E-state index in [2.05, 4.69) is 6.08 Å². The first-order valence-electron chi connectivity index (χ1n) is 6.36. The molecule has 2 atom stereocenters. The summed E-state index contributed by atoms with van der Waals surface area (Å²) in [5.74, 6) is 0.830. The van der Waals surface area contributed by atoms with Crippen LogP contribution in [0.25, 0.3) is 0 Å². The summed E-state index contributed by atoms with van der Waals surface area (Å²) in [4.78, 5) is 11.7. The molecule has 1 aromatic rings. The van der Waals surface area contributed by atoms with Crippen LogP contribution in [0.1, 0.15) is 25.7 Å². The first-order valence-corrected chi connectivity index (χ1v) is 7.68. The van der Waals surface area contributed by atoms with Crippen molar-refractivity contribution < 1.29 is 9.00 Å². The highest BCUT2D eigenvalue weighted by atomic mass is 32.2. The number of hydrogen-bond donors (Lipinski definition) is 0. The van der Waals surface area contributed by atoms with E-state index in [-0.39, 0.29) is 5.92 Å². The van der Waals surface area contributed by atoms with Gasteiger partial charge in [0.25, 0.3) is 0 Å². The Balaban J connectivity index is 1.87. The van der Waals surface area contributed by atoms with Crippen molar-refractivity contribution in [2.24, 2.45) is 5.92 Å². The summed E-state index contributed by atoms with van der Waals surface area (Å²) in [6, 6.07) is 9.56. The molecule has 0 saturated heterocycles. The molecule has 0 aromatic heterocycles. The molecule has 0 aliphatic heterocycles. The number of hydrogen-bond acceptors (Lipinski definition) is 2. The van der Waals surface area contributed by atoms with Crippen molar-refractivity contribution in [3.05, 3.63) is 42.0 Å². The molecule has 0 saturated carbocycles. The molecule has 0 fully saturated rings. The third-order valence-electron chi connectivity index (χ3n) is 3.30. The monoisotopic (exact) mass is 262 g/mol. The number of carbonyl (C=O) groups excluding carboxylic acids is 1. The van der Waals surface area contributed by atoms with Gasteiger partial charge in [-0.25, -0.2) is 0 Å². The number of benzene rings is 1. The Bertz CT molecular complexity index is 451. The fourth-order valence-corrected chi connectivity index (χ4v) is 3.40. The van der Waals surface area contributed by atoms with E-state index in [4.69, 9.17) is 0 Å². The first-order chi connectivity index (χ1) is 8.79. The van der Waals surface area contributed by atoms with Gasteiger partial charge in [-0.2, -0.15) is 0 Å². The van der Waals surface area contributed by atoms with Crippen LogP contribution >= 0.6 is 0 Å². The molecule has 0 bridgehead atoms. The van der Waals surface area contributed by atoms with E-state index in [1.165, 1.54) is 5.57 Å². The van der Waals surface area contributed by atoms with Crippen molar-refractivity contribution in [2.75, 3.05) is 5.75 Å². The van der Waals surface area contributed by atoms with Gasteiger partial charge in [0.1, 0.15) is 6.29 Å². The fourth-order valence-electron chi connectivity index (χ4n) is 2.26. The highest BCUT2D eigenvalue weighted by molar-refractivity contribution is 7.85. The van der Waals surface area contributed by atoms with Gasteiger partial charge >= 0.3 is 0 Å². The first kappa shape index (κ1) is 13.2. The lowest BCUT2D eigenvalue weighted by Gasteiger charge is -2.17. The minimum absolute atomic E-state index is 0.176. The second-order valence-electron chi connectivity index (χ2n) is 4.65. The summed E-state index contributed by atoms with van der Waals surface area (Å²) in [6.07, 6.45) is 6.91. The lowest BCUT2D eigenvalue weighted by atomic mass is 9.89. The quantitative estimate of drug-likeness (QED) is 0.603. The molecule has 1 aromatic carbocycles. The molecule has 2 nitrogen and oxygen atoms in total. The SMILES string of the molecule is O=CC1CCC=C(CCS(=O)c2ccccc2)C1. The Morgan fingerprint density at radius 1 is 1.28 bits per heavy atom. The van der Waals surface area contributed by atoms with Crippen LogP contribution in [0, 0.1) is 5.92 Å². The van der Waals surface area contributed by atoms with Crippen molar-refractivity contribution >= 4 is 17.1 Å². The Morgan fingerprint density at radius 2 is 2.06 bits per heavy atom.